The minimum atomic E-state index is -0.925. The lowest BCUT2D eigenvalue weighted by Gasteiger charge is -2.17. The lowest BCUT2D eigenvalue weighted by Crippen LogP contribution is -2.16. The maximum absolute atomic E-state index is 11.7. The van der Waals surface area contributed by atoms with Gasteiger partial charge in [0, 0.05) is 10.6 Å². The van der Waals surface area contributed by atoms with Gasteiger partial charge in [-0.1, -0.05) is 29.8 Å². The van der Waals surface area contributed by atoms with E-state index in [0.717, 1.165) is 5.56 Å². The third kappa shape index (κ3) is 3.52. The van der Waals surface area contributed by atoms with E-state index < -0.39 is 11.9 Å². The van der Waals surface area contributed by atoms with Crippen LogP contribution in [0.1, 0.15) is 17.0 Å². The smallest absolute Gasteiger partial charge is 0.311 e. The number of hydrogen-bond donors (Lipinski definition) is 1. The molecule has 0 aliphatic rings. The van der Waals surface area contributed by atoms with Crippen molar-refractivity contribution in [3.8, 4) is 11.5 Å². The number of benzene rings is 2. The van der Waals surface area contributed by atoms with E-state index >= 15 is 0 Å². The second kappa shape index (κ2) is 7.18. The van der Waals surface area contributed by atoms with Crippen LogP contribution in [0.25, 0.3) is 0 Å². The Morgan fingerprint density at radius 3 is 2.45 bits per heavy atom. The zero-order valence-electron chi connectivity index (χ0n) is 12.4. The van der Waals surface area contributed by atoms with Crippen LogP contribution in [0.3, 0.4) is 0 Å². The van der Waals surface area contributed by atoms with Crippen molar-refractivity contribution >= 4 is 17.6 Å². The second-order valence-electron chi connectivity index (χ2n) is 4.79. The molecule has 2 aromatic carbocycles. The number of halogens is 1. The van der Waals surface area contributed by atoms with E-state index in [-0.39, 0.29) is 6.42 Å². The molecule has 0 heterocycles. The number of carbonyl (C=O) groups is 1. The van der Waals surface area contributed by atoms with Crippen LogP contribution >= 0.6 is 11.6 Å². The highest BCUT2D eigenvalue weighted by atomic mass is 35.5. The van der Waals surface area contributed by atoms with Crippen molar-refractivity contribution in [3.63, 3.8) is 0 Å². The van der Waals surface area contributed by atoms with E-state index in [1.54, 1.807) is 49.6 Å². The third-order valence-electron chi connectivity index (χ3n) is 3.48. The van der Waals surface area contributed by atoms with Crippen LogP contribution in [-0.4, -0.2) is 25.3 Å². The van der Waals surface area contributed by atoms with Gasteiger partial charge in [0.25, 0.3) is 0 Å². The molecule has 4 nitrogen and oxygen atoms in total. The average Bonchev–Trinajstić information content (AvgIpc) is 2.52. The number of methoxy groups -OCH3 is 2. The van der Waals surface area contributed by atoms with Gasteiger partial charge in [-0.15, -0.1) is 0 Å². The first-order chi connectivity index (χ1) is 10.6. The van der Waals surface area contributed by atoms with Crippen molar-refractivity contribution in [3.05, 3.63) is 58.6 Å². The molecule has 0 bridgehead atoms. The molecule has 0 radical (unpaired) electrons. The van der Waals surface area contributed by atoms with Crippen molar-refractivity contribution in [1.82, 2.24) is 0 Å². The second-order valence-corrected chi connectivity index (χ2v) is 5.23. The van der Waals surface area contributed by atoms with Gasteiger partial charge in [0.2, 0.25) is 0 Å². The Bertz CT molecular complexity index is 669. The summed E-state index contributed by atoms with van der Waals surface area (Å²) in [4.78, 5) is 11.7. The van der Waals surface area contributed by atoms with Crippen LogP contribution in [0, 0.1) is 0 Å². The molecule has 2 rings (SSSR count). The van der Waals surface area contributed by atoms with Crippen molar-refractivity contribution < 1.29 is 19.4 Å². The van der Waals surface area contributed by atoms with E-state index in [0.29, 0.717) is 22.1 Å². The fourth-order valence-corrected chi connectivity index (χ4v) is 2.61. The molecule has 1 atom stereocenters. The molecule has 0 saturated carbocycles. The summed E-state index contributed by atoms with van der Waals surface area (Å²) in [6.07, 6.45) is 0.263. The molecule has 22 heavy (non-hydrogen) atoms. The van der Waals surface area contributed by atoms with Crippen molar-refractivity contribution in [2.75, 3.05) is 14.2 Å². The van der Waals surface area contributed by atoms with Gasteiger partial charge in [0.15, 0.2) is 0 Å². The number of para-hydroxylation sites is 1. The predicted molar refractivity (Wildman–Crippen MR) is 85.1 cm³/mol. The zero-order chi connectivity index (χ0) is 16.1. The summed E-state index contributed by atoms with van der Waals surface area (Å²) in [6, 6.07) is 12.3. The molecule has 5 heteroatoms. The predicted octanol–water partition coefficient (Wildman–Crippen LogP) is 3.77. The van der Waals surface area contributed by atoms with Gasteiger partial charge in [-0.3, -0.25) is 4.79 Å². The highest BCUT2D eigenvalue weighted by molar-refractivity contribution is 6.30. The number of hydrogen-bond acceptors (Lipinski definition) is 3. The fraction of sp³-hybridized carbons (Fsp3) is 0.235. The van der Waals surface area contributed by atoms with Crippen molar-refractivity contribution in [2.45, 2.75) is 12.3 Å². The minimum absolute atomic E-state index is 0.263. The summed E-state index contributed by atoms with van der Waals surface area (Å²) in [5.41, 5.74) is 1.37. The van der Waals surface area contributed by atoms with Crippen LogP contribution in [0.2, 0.25) is 5.02 Å². The summed E-state index contributed by atoms with van der Waals surface area (Å²) in [6.45, 7) is 0. The summed E-state index contributed by atoms with van der Waals surface area (Å²) < 4.78 is 10.6. The quantitative estimate of drug-likeness (QED) is 0.880. The van der Waals surface area contributed by atoms with Crippen LogP contribution in [-0.2, 0) is 11.2 Å². The number of rotatable bonds is 6. The zero-order valence-corrected chi connectivity index (χ0v) is 13.1. The van der Waals surface area contributed by atoms with Gasteiger partial charge in [-0.25, -0.2) is 0 Å². The maximum atomic E-state index is 11.7. The molecule has 0 spiro atoms. The molecule has 0 aliphatic carbocycles. The Kier molecular flexibility index (Phi) is 5.28. The standard InChI is InChI=1S/C17H17ClO4/c1-21-15-8-7-12(18)9-11(15)10-14(17(19)20)13-5-3-4-6-16(13)22-2/h3-9,14H,10H2,1-2H3,(H,19,20). The van der Waals surface area contributed by atoms with Crippen molar-refractivity contribution in [2.24, 2.45) is 0 Å². The third-order valence-corrected chi connectivity index (χ3v) is 3.71. The van der Waals surface area contributed by atoms with E-state index in [9.17, 15) is 9.90 Å². The van der Waals surface area contributed by atoms with Gasteiger partial charge in [-0.2, -0.15) is 0 Å². The van der Waals surface area contributed by atoms with E-state index in [1.165, 1.54) is 7.11 Å². The topological polar surface area (TPSA) is 55.8 Å². The van der Waals surface area contributed by atoms with Gasteiger partial charge < -0.3 is 14.6 Å². The largest absolute Gasteiger partial charge is 0.496 e. The van der Waals surface area contributed by atoms with Crippen LogP contribution in [0.5, 0.6) is 11.5 Å². The Morgan fingerprint density at radius 2 is 1.82 bits per heavy atom. The summed E-state index contributed by atoms with van der Waals surface area (Å²) in [5, 5.41) is 10.2. The van der Waals surface area contributed by atoms with E-state index in [2.05, 4.69) is 0 Å². The van der Waals surface area contributed by atoms with Crippen molar-refractivity contribution in [1.29, 1.82) is 0 Å². The Balaban J connectivity index is 2.42. The number of carboxylic acids is 1. The Morgan fingerprint density at radius 1 is 1.14 bits per heavy atom. The molecular formula is C17H17ClO4. The van der Waals surface area contributed by atoms with E-state index in [4.69, 9.17) is 21.1 Å². The lowest BCUT2D eigenvalue weighted by atomic mass is 9.91. The van der Waals surface area contributed by atoms with Gasteiger partial charge >= 0.3 is 5.97 Å². The first-order valence-electron chi connectivity index (χ1n) is 6.75. The first kappa shape index (κ1) is 16.2. The number of carboxylic acid groups (broad SMARTS) is 1. The Hall–Kier alpha value is -2.20. The molecule has 0 amide bonds. The number of ether oxygens (including phenoxy) is 2. The highest BCUT2D eigenvalue weighted by Gasteiger charge is 2.25. The summed E-state index contributed by atoms with van der Waals surface area (Å²) >= 11 is 6.01. The Labute approximate surface area is 134 Å². The normalized spacial score (nSPS) is 11.8. The van der Waals surface area contributed by atoms with E-state index in [1.807, 2.05) is 0 Å². The molecule has 0 aromatic heterocycles. The van der Waals surface area contributed by atoms with Crippen LogP contribution < -0.4 is 9.47 Å². The molecule has 0 saturated heterocycles. The molecule has 1 unspecified atom stereocenters. The van der Waals surface area contributed by atoms with Gasteiger partial charge in [0.05, 0.1) is 20.1 Å². The number of aliphatic carboxylic acids is 1. The molecule has 0 aliphatic heterocycles. The van der Waals surface area contributed by atoms with Gasteiger partial charge in [-0.05, 0) is 36.2 Å². The summed E-state index contributed by atoms with van der Waals surface area (Å²) in [7, 11) is 3.07. The first-order valence-corrected chi connectivity index (χ1v) is 7.12. The SMILES string of the molecule is COc1ccc(Cl)cc1CC(C(=O)O)c1ccccc1OC. The molecule has 0 fully saturated rings. The average molecular weight is 321 g/mol. The van der Waals surface area contributed by atoms with Crippen LogP contribution in [0.15, 0.2) is 42.5 Å². The molecule has 2 aromatic rings. The fourth-order valence-electron chi connectivity index (χ4n) is 2.41. The molecule has 116 valence electrons. The monoisotopic (exact) mass is 320 g/mol. The lowest BCUT2D eigenvalue weighted by molar-refractivity contribution is -0.138. The molecule has 1 N–H and O–H groups in total. The molecular weight excluding hydrogens is 304 g/mol. The summed E-state index contributed by atoms with van der Waals surface area (Å²) in [5.74, 6) is -0.503. The maximum Gasteiger partial charge on any atom is 0.311 e. The van der Waals surface area contributed by atoms with Gasteiger partial charge in [0.1, 0.15) is 11.5 Å². The minimum Gasteiger partial charge on any atom is -0.496 e. The van der Waals surface area contributed by atoms with Crippen LogP contribution in [0.4, 0.5) is 0 Å². The highest BCUT2D eigenvalue weighted by Crippen LogP contribution is 2.33.